The lowest BCUT2D eigenvalue weighted by molar-refractivity contribution is -0.146. The normalized spacial score (nSPS) is 12.3. The lowest BCUT2D eigenvalue weighted by atomic mass is 10.1. The Labute approximate surface area is 84.7 Å². The van der Waals surface area contributed by atoms with Crippen molar-refractivity contribution in [2.75, 3.05) is 0 Å². The van der Waals surface area contributed by atoms with Crippen LogP contribution in [-0.4, -0.2) is 37.6 Å². The molecule has 1 rings (SSSR count). The number of phenolic OH excluding ortho intramolecular Hbond substituents is 3. The molecule has 0 bridgehead atoms. The number of aliphatic carboxylic acids is 1. The number of aromatic hydroxyl groups is 3. The van der Waals surface area contributed by atoms with E-state index in [4.69, 9.17) is 25.5 Å². The van der Waals surface area contributed by atoms with Crippen LogP contribution in [0.1, 0.15) is 5.56 Å². The third kappa shape index (κ3) is 2.50. The molecule has 1 atom stereocenters. The Kier molecular flexibility index (Phi) is 3.01. The predicted molar refractivity (Wildman–Crippen MR) is 48.8 cm³/mol. The van der Waals surface area contributed by atoms with E-state index in [1.54, 1.807) is 0 Å². The van der Waals surface area contributed by atoms with Gasteiger partial charge in [-0.25, -0.2) is 4.79 Å². The highest BCUT2D eigenvalue weighted by atomic mass is 16.4. The summed E-state index contributed by atoms with van der Waals surface area (Å²) in [6, 6.07) is 2.14. The largest absolute Gasteiger partial charge is 0.504 e. The molecule has 6 nitrogen and oxygen atoms in total. The average Bonchev–Trinajstić information content (AvgIpc) is 2.13. The number of hydrogen-bond acceptors (Lipinski definition) is 5. The SMILES string of the molecule is O=C(O)[C@@H](O)Cc1cc(O)c(O)c(O)c1. The number of carboxylic acids is 1. The first-order valence-corrected chi connectivity index (χ1v) is 4.06. The van der Waals surface area contributed by atoms with E-state index in [-0.39, 0.29) is 12.0 Å². The number of aliphatic hydroxyl groups excluding tert-OH is 1. The fourth-order valence-electron chi connectivity index (χ4n) is 1.09. The van der Waals surface area contributed by atoms with Gasteiger partial charge in [-0.2, -0.15) is 0 Å². The number of carboxylic acid groups (broad SMARTS) is 1. The van der Waals surface area contributed by atoms with Gasteiger partial charge in [-0.3, -0.25) is 0 Å². The summed E-state index contributed by atoms with van der Waals surface area (Å²) in [5, 5.41) is 44.6. The Morgan fingerprint density at radius 2 is 1.67 bits per heavy atom. The van der Waals surface area contributed by atoms with Crippen LogP contribution in [0.25, 0.3) is 0 Å². The molecule has 0 spiro atoms. The summed E-state index contributed by atoms with van der Waals surface area (Å²) in [4.78, 5) is 10.3. The quantitative estimate of drug-likeness (QED) is 0.444. The minimum Gasteiger partial charge on any atom is -0.504 e. The van der Waals surface area contributed by atoms with Crippen molar-refractivity contribution < 1.29 is 30.3 Å². The monoisotopic (exact) mass is 214 g/mol. The van der Waals surface area contributed by atoms with Gasteiger partial charge in [-0.15, -0.1) is 0 Å². The summed E-state index contributed by atoms with van der Waals surface area (Å²) in [6.07, 6.45) is -1.88. The molecule has 0 amide bonds. The van der Waals surface area contributed by atoms with Crippen molar-refractivity contribution in [1.82, 2.24) is 0 Å². The molecule has 0 aliphatic carbocycles. The second kappa shape index (κ2) is 4.05. The van der Waals surface area contributed by atoms with E-state index in [1.807, 2.05) is 0 Å². The van der Waals surface area contributed by atoms with Gasteiger partial charge in [0.15, 0.2) is 23.4 Å². The third-order valence-corrected chi connectivity index (χ3v) is 1.84. The van der Waals surface area contributed by atoms with Crippen molar-refractivity contribution in [1.29, 1.82) is 0 Å². The molecule has 0 heterocycles. The molecule has 0 radical (unpaired) electrons. The van der Waals surface area contributed by atoms with Crippen LogP contribution in [0.3, 0.4) is 0 Å². The molecule has 6 heteroatoms. The molecule has 5 N–H and O–H groups in total. The van der Waals surface area contributed by atoms with Crippen molar-refractivity contribution >= 4 is 5.97 Å². The van der Waals surface area contributed by atoms with Gasteiger partial charge in [-0.05, 0) is 17.7 Å². The summed E-state index contributed by atoms with van der Waals surface area (Å²) in [5.74, 6) is -3.21. The van der Waals surface area contributed by atoms with Gasteiger partial charge < -0.3 is 25.5 Å². The molecule has 0 saturated heterocycles. The van der Waals surface area contributed by atoms with E-state index in [2.05, 4.69) is 0 Å². The Morgan fingerprint density at radius 3 is 2.07 bits per heavy atom. The molecule has 0 aliphatic heterocycles. The second-order valence-electron chi connectivity index (χ2n) is 3.04. The fraction of sp³-hybridized carbons (Fsp3) is 0.222. The molecule has 0 aliphatic rings. The third-order valence-electron chi connectivity index (χ3n) is 1.84. The minimum absolute atomic E-state index is 0.206. The van der Waals surface area contributed by atoms with Gasteiger partial charge in [0.2, 0.25) is 0 Å². The van der Waals surface area contributed by atoms with Crippen molar-refractivity contribution in [2.45, 2.75) is 12.5 Å². The molecule has 1 aromatic rings. The minimum atomic E-state index is -1.62. The highest BCUT2D eigenvalue weighted by Crippen LogP contribution is 2.35. The second-order valence-corrected chi connectivity index (χ2v) is 3.04. The molecular formula is C9H10O6. The lowest BCUT2D eigenvalue weighted by Gasteiger charge is -2.07. The summed E-state index contributed by atoms with van der Waals surface area (Å²) in [6.45, 7) is 0. The number of carbonyl (C=O) groups is 1. The molecule has 0 saturated carbocycles. The number of hydrogen-bond donors (Lipinski definition) is 5. The van der Waals surface area contributed by atoms with E-state index in [1.165, 1.54) is 0 Å². The molecule has 0 fully saturated rings. The molecule has 0 unspecified atom stereocenters. The average molecular weight is 214 g/mol. The van der Waals surface area contributed by atoms with Crippen LogP contribution < -0.4 is 0 Å². The number of rotatable bonds is 3. The van der Waals surface area contributed by atoms with Gasteiger partial charge in [-0.1, -0.05) is 0 Å². The maximum absolute atomic E-state index is 10.3. The van der Waals surface area contributed by atoms with Crippen LogP contribution in [0, 0.1) is 0 Å². The first-order chi connectivity index (χ1) is 6.91. The van der Waals surface area contributed by atoms with Crippen LogP contribution in [0.5, 0.6) is 17.2 Å². The maximum atomic E-state index is 10.3. The summed E-state index contributed by atoms with van der Waals surface area (Å²) < 4.78 is 0. The topological polar surface area (TPSA) is 118 Å². The highest BCUT2D eigenvalue weighted by Gasteiger charge is 2.16. The maximum Gasteiger partial charge on any atom is 0.332 e. The Hall–Kier alpha value is -1.95. The Balaban J connectivity index is 2.92. The van der Waals surface area contributed by atoms with Gasteiger partial charge in [0.25, 0.3) is 0 Å². The van der Waals surface area contributed by atoms with Gasteiger partial charge in [0.1, 0.15) is 0 Å². The van der Waals surface area contributed by atoms with Crippen molar-refractivity contribution in [2.24, 2.45) is 0 Å². The van der Waals surface area contributed by atoms with Gasteiger partial charge >= 0.3 is 5.97 Å². The molecule has 1 aromatic carbocycles. The van der Waals surface area contributed by atoms with Crippen LogP contribution >= 0.6 is 0 Å². The van der Waals surface area contributed by atoms with E-state index < -0.39 is 29.3 Å². The Bertz CT molecular complexity index is 363. The molecule has 0 aromatic heterocycles. The van der Waals surface area contributed by atoms with E-state index in [9.17, 15) is 4.79 Å². The number of benzene rings is 1. The van der Waals surface area contributed by atoms with Gasteiger partial charge in [0.05, 0.1) is 0 Å². The number of phenols is 3. The summed E-state index contributed by atoms with van der Waals surface area (Å²) in [5.41, 5.74) is 0.206. The van der Waals surface area contributed by atoms with E-state index >= 15 is 0 Å². The summed E-state index contributed by atoms with van der Waals surface area (Å²) in [7, 11) is 0. The smallest absolute Gasteiger partial charge is 0.332 e. The Morgan fingerprint density at radius 1 is 1.20 bits per heavy atom. The van der Waals surface area contributed by atoms with Crippen molar-refractivity contribution in [3.8, 4) is 17.2 Å². The molecule has 82 valence electrons. The van der Waals surface area contributed by atoms with E-state index in [0.717, 1.165) is 12.1 Å². The zero-order valence-corrected chi connectivity index (χ0v) is 7.58. The first kappa shape index (κ1) is 11.1. The van der Waals surface area contributed by atoms with Crippen LogP contribution in [0.15, 0.2) is 12.1 Å². The van der Waals surface area contributed by atoms with E-state index in [0.29, 0.717) is 0 Å². The highest BCUT2D eigenvalue weighted by molar-refractivity contribution is 5.72. The summed E-state index contributed by atoms with van der Waals surface area (Å²) >= 11 is 0. The lowest BCUT2D eigenvalue weighted by Crippen LogP contribution is -2.21. The molecule has 15 heavy (non-hydrogen) atoms. The van der Waals surface area contributed by atoms with Crippen LogP contribution in [0.2, 0.25) is 0 Å². The zero-order chi connectivity index (χ0) is 11.6. The predicted octanol–water partition coefficient (Wildman–Crippen LogP) is -0.209. The first-order valence-electron chi connectivity index (χ1n) is 4.06. The molecular weight excluding hydrogens is 204 g/mol. The van der Waals surface area contributed by atoms with Crippen LogP contribution in [0.4, 0.5) is 0 Å². The van der Waals surface area contributed by atoms with Crippen molar-refractivity contribution in [3.05, 3.63) is 17.7 Å². The fourth-order valence-corrected chi connectivity index (χ4v) is 1.09. The van der Waals surface area contributed by atoms with Crippen molar-refractivity contribution in [3.63, 3.8) is 0 Å². The standard InChI is InChI=1S/C9H10O6/c10-5-1-4(2-6(11)8(5)13)3-7(12)9(14)15/h1-2,7,10-13H,3H2,(H,14,15)/t7-/m0/s1. The number of aliphatic hydroxyl groups is 1. The van der Waals surface area contributed by atoms with Gasteiger partial charge in [0, 0.05) is 6.42 Å². The van der Waals surface area contributed by atoms with Crippen LogP contribution in [-0.2, 0) is 11.2 Å². The zero-order valence-electron chi connectivity index (χ0n) is 7.58.